The van der Waals surface area contributed by atoms with Gasteiger partial charge < -0.3 is 10.1 Å². The van der Waals surface area contributed by atoms with E-state index >= 15 is 0 Å². The number of para-hydroxylation sites is 1. The van der Waals surface area contributed by atoms with Crippen LogP contribution in [-0.4, -0.2) is 21.4 Å². The highest BCUT2D eigenvalue weighted by Gasteiger charge is 2.24. The Balaban J connectivity index is 2.49. The molecule has 0 aliphatic heterocycles. The fourth-order valence-corrected chi connectivity index (χ4v) is 1.83. The minimum Gasteiger partial charge on any atom is -0.433 e. The van der Waals surface area contributed by atoms with Crippen LogP contribution in [0.15, 0.2) is 24.3 Å². The predicted octanol–water partition coefficient (Wildman–Crippen LogP) is 3.23. The smallest absolute Gasteiger partial charge is 0.352 e. The van der Waals surface area contributed by atoms with E-state index in [0.717, 1.165) is 5.56 Å². The lowest BCUT2D eigenvalue weighted by Gasteiger charge is -2.10. The summed E-state index contributed by atoms with van der Waals surface area (Å²) >= 11 is 0. The molecule has 1 heterocycles. The topological polar surface area (TPSA) is 90.2 Å². The number of anilines is 1. The van der Waals surface area contributed by atoms with Gasteiger partial charge in [-0.25, -0.2) is 4.98 Å². The molecule has 7 heteroatoms. The maximum atomic E-state index is 11.2. The summed E-state index contributed by atoms with van der Waals surface area (Å²) in [5.41, 5.74) is 0.905. The number of benzene rings is 1. The Morgan fingerprint density at radius 3 is 2.62 bits per heavy atom. The minimum atomic E-state index is -0.529. The van der Waals surface area contributed by atoms with Gasteiger partial charge in [-0.05, 0) is 32.4 Å². The second-order valence-corrected chi connectivity index (χ2v) is 4.44. The van der Waals surface area contributed by atoms with Crippen molar-refractivity contribution in [3.05, 3.63) is 45.6 Å². The fourth-order valence-electron chi connectivity index (χ4n) is 1.83. The van der Waals surface area contributed by atoms with Crippen molar-refractivity contribution in [2.24, 2.45) is 0 Å². The molecule has 0 amide bonds. The monoisotopic (exact) mass is 288 g/mol. The number of ether oxygens (including phenoxy) is 1. The molecule has 0 aliphatic carbocycles. The van der Waals surface area contributed by atoms with E-state index in [4.69, 9.17) is 4.74 Å². The molecule has 1 aromatic heterocycles. The molecule has 0 saturated carbocycles. The van der Waals surface area contributed by atoms with Gasteiger partial charge in [0.25, 0.3) is 0 Å². The quantitative estimate of drug-likeness (QED) is 0.671. The van der Waals surface area contributed by atoms with E-state index in [1.807, 2.05) is 26.0 Å². The molecule has 0 unspecified atom stereocenters. The van der Waals surface area contributed by atoms with E-state index in [-0.39, 0.29) is 17.3 Å². The summed E-state index contributed by atoms with van der Waals surface area (Å²) in [6.45, 7) is 5.93. The van der Waals surface area contributed by atoms with Crippen molar-refractivity contribution in [3.63, 3.8) is 0 Å². The number of rotatable bonds is 5. The zero-order chi connectivity index (χ0) is 15.4. The van der Waals surface area contributed by atoms with Crippen LogP contribution in [0.2, 0.25) is 0 Å². The molecular weight excluding hydrogens is 272 g/mol. The van der Waals surface area contributed by atoms with E-state index in [2.05, 4.69) is 15.3 Å². The highest BCUT2D eigenvalue weighted by atomic mass is 16.6. The largest absolute Gasteiger partial charge is 0.433 e. The van der Waals surface area contributed by atoms with E-state index in [1.54, 1.807) is 19.1 Å². The van der Waals surface area contributed by atoms with Crippen LogP contribution >= 0.6 is 0 Å². The third-order valence-corrected chi connectivity index (χ3v) is 2.84. The molecule has 1 N–H and O–H groups in total. The van der Waals surface area contributed by atoms with Gasteiger partial charge in [-0.15, -0.1) is 0 Å². The highest BCUT2D eigenvalue weighted by molar-refractivity contribution is 5.51. The second kappa shape index (κ2) is 6.17. The van der Waals surface area contributed by atoms with Crippen molar-refractivity contribution in [1.82, 2.24) is 9.97 Å². The normalized spacial score (nSPS) is 10.2. The molecule has 110 valence electrons. The van der Waals surface area contributed by atoms with E-state index in [9.17, 15) is 10.1 Å². The predicted molar refractivity (Wildman–Crippen MR) is 78.8 cm³/mol. The van der Waals surface area contributed by atoms with Gasteiger partial charge in [-0.2, -0.15) is 4.98 Å². The summed E-state index contributed by atoms with van der Waals surface area (Å²) < 4.78 is 5.64. The van der Waals surface area contributed by atoms with Gasteiger partial charge in [-0.3, -0.25) is 10.1 Å². The van der Waals surface area contributed by atoms with Gasteiger partial charge >= 0.3 is 11.6 Å². The summed E-state index contributed by atoms with van der Waals surface area (Å²) in [5.74, 6) is 0.781. The van der Waals surface area contributed by atoms with Crippen LogP contribution in [0.25, 0.3) is 0 Å². The van der Waals surface area contributed by atoms with Gasteiger partial charge in [0.2, 0.25) is 5.95 Å². The number of hydrogen-bond acceptors (Lipinski definition) is 6. The molecule has 0 bridgehead atoms. The van der Waals surface area contributed by atoms with Gasteiger partial charge in [-0.1, -0.05) is 18.2 Å². The van der Waals surface area contributed by atoms with Crippen LogP contribution in [0.5, 0.6) is 11.6 Å². The third kappa shape index (κ3) is 3.25. The molecule has 21 heavy (non-hydrogen) atoms. The Bertz CT molecular complexity index is 673. The molecule has 0 aliphatic rings. The summed E-state index contributed by atoms with van der Waals surface area (Å²) in [6.07, 6.45) is 0. The highest BCUT2D eigenvalue weighted by Crippen LogP contribution is 2.33. The lowest BCUT2D eigenvalue weighted by atomic mass is 10.2. The second-order valence-electron chi connectivity index (χ2n) is 4.44. The number of nitrogens with one attached hydrogen (secondary N) is 1. The fraction of sp³-hybridized carbons (Fsp3) is 0.286. The number of aryl methyl sites for hydroxylation is 2. The third-order valence-electron chi connectivity index (χ3n) is 2.84. The molecule has 0 radical (unpaired) electrons. The van der Waals surface area contributed by atoms with Gasteiger partial charge in [0.15, 0.2) is 0 Å². The maximum absolute atomic E-state index is 11.2. The summed E-state index contributed by atoms with van der Waals surface area (Å²) in [5, 5.41) is 14.1. The van der Waals surface area contributed by atoms with Crippen molar-refractivity contribution in [1.29, 1.82) is 0 Å². The van der Waals surface area contributed by atoms with Gasteiger partial charge in [0, 0.05) is 6.54 Å². The van der Waals surface area contributed by atoms with E-state index in [0.29, 0.717) is 18.2 Å². The molecule has 2 rings (SSSR count). The van der Waals surface area contributed by atoms with Crippen molar-refractivity contribution < 1.29 is 9.66 Å². The lowest BCUT2D eigenvalue weighted by molar-refractivity contribution is -0.386. The Morgan fingerprint density at radius 1 is 1.29 bits per heavy atom. The Morgan fingerprint density at radius 2 is 2.00 bits per heavy atom. The van der Waals surface area contributed by atoms with Crippen LogP contribution in [0, 0.1) is 24.0 Å². The van der Waals surface area contributed by atoms with Gasteiger partial charge in [0.1, 0.15) is 11.4 Å². The number of nitro groups is 1. The average Bonchev–Trinajstić information content (AvgIpc) is 2.41. The molecule has 0 saturated heterocycles. The van der Waals surface area contributed by atoms with Crippen molar-refractivity contribution in [2.75, 3.05) is 11.9 Å². The summed E-state index contributed by atoms with van der Waals surface area (Å²) in [6, 6.07) is 7.27. The molecule has 2 aromatic rings. The van der Waals surface area contributed by atoms with Crippen molar-refractivity contribution >= 4 is 11.6 Å². The Labute approximate surface area is 122 Å². The lowest BCUT2D eigenvalue weighted by Crippen LogP contribution is -2.07. The first-order valence-corrected chi connectivity index (χ1v) is 6.53. The SMILES string of the molecule is CCNc1nc(C)c([N+](=O)[O-])c(Oc2ccccc2C)n1. The first-order chi connectivity index (χ1) is 10.0. The molecule has 0 atom stereocenters. The maximum Gasteiger partial charge on any atom is 0.352 e. The van der Waals surface area contributed by atoms with E-state index < -0.39 is 4.92 Å². The van der Waals surface area contributed by atoms with Crippen LogP contribution in [0.3, 0.4) is 0 Å². The molecule has 7 nitrogen and oxygen atoms in total. The summed E-state index contributed by atoms with van der Waals surface area (Å²) in [7, 11) is 0. The van der Waals surface area contributed by atoms with Crippen LogP contribution in [0.1, 0.15) is 18.2 Å². The Kier molecular flexibility index (Phi) is 4.32. The molecular formula is C14H16N4O3. The zero-order valence-electron chi connectivity index (χ0n) is 12.1. The zero-order valence-corrected chi connectivity index (χ0v) is 12.1. The van der Waals surface area contributed by atoms with Crippen LogP contribution in [-0.2, 0) is 0 Å². The van der Waals surface area contributed by atoms with Crippen LogP contribution < -0.4 is 10.1 Å². The van der Waals surface area contributed by atoms with Crippen molar-refractivity contribution in [3.8, 4) is 11.6 Å². The number of aromatic nitrogens is 2. The average molecular weight is 288 g/mol. The Hall–Kier alpha value is -2.70. The molecule has 1 aromatic carbocycles. The molecule has 0 fully saturated rings. The summed E-state index contributed by atoms with van der Waals surface area (Å²) in [4.78, 5) is 18.8. The van der Waals surface area contributed by atoms with Crippen molar-refractivity contribution in [2.45, 2.75) is 20.8 Å². The first kappa shape index (κ1) is 14.7. The first-order valence-electron chi connectivity index (χ1n) is 6.53. The molecule has 0 spiro atoms. The van der Waals surface area contributed by atoms with E-state index in [1.165, 1.54) is 0 Å². The standard InChI is InChI=1S/C14H16N4O3/c1-4-15-14-16-10(3)12(18(19)20)13(17-14)21-11-8-6-5-7-9(11)2/h5-8H,4H2,1-3H3,(H,15,16,17). The number of hydrogen-bond donors (Lipinski definition) is 1. The minimum absolute atomic E-state index is 0.0576. The van der Waals surface area contributed by atoms with Crippen LogP contribution in [0.4, 0.5) is 11.6 Å². The van der Waals surface area contributed by atoms with Gasteiger partial charge in [0.05, 0.1) is 4.92 Å². The number of nitrogens with zero attached hydrogens (tertiary/aromatic N) is 3.